The van der Waals surface area contributed by atoms with Crippen LogP contribution in [-0.2, 0) is 26.3 Å². The van der Waals surface area contributed by atoms with Crippen LogP contribution in [0.3, 0.4) is 0 Å². The first-order valence-corrected chi connectivity index (χ1v) is 9.59. The average Bonchev–Trinajstić information content (AvgIpc) is 3.19. The molecule has 5 nitrogen and oxygen atoms in total. The second kappa shape index (κ2) is 5.43. The lowest BCUT2D eigenvalue weighted by Gasteiger charge is -2.05. The molecule has 114 valence electrons. The van der Waals surface area contributed by atoms with E-state index in [-0.39, 0.29) is 5.56 Å². The van der Waals surface area contributed by atoms with Crippen molar-refractivity contribution >= 4 is 44.8 Å². The third-order valence-corrected chi connectivity index (χ3v) is 6.87. The molecule has 3 aromatic rings. The lowest BCUT2D eigenvalue weighted by Crippen LogP contribution is -2.19. The fraction of sp³-hybridized carbons (Fsp3) is 0.429. The van der Waals surface area contributed by atoms with Crippen LogP contribution in [-0.4, -0.2) is 18.9 Å². The molecule has 0 fully saturated rings. The molecule has 0 saturated heterocycles. The molecule has 0 spiro atoms. The number of nitrogens with zero attached hydrogens (tertiary/aromatic N) is 4. The van der Waals surface area contributed by atoms with Crippen molar-refractivity contribution in [3.05, 3.63) is 26.6 Å². The van der Waals surface area contributed by atoms with Crippen LogP contribution in [0.4, 0.5) is 0 Å². The Morgan fingerprint density at radius 1 is 1.32 bits per heavy atom. The SMILES string of the molecule is CCc1nsc(Sc2nc3sc4c(c3c(=O)n2C)CCC4)n1. The summed E-state index contributed by atoms with van der Waals surface area (Å²) in [6.45, 7) is 2.03. The minimum Gasteiger partial charge on any atom is -0.290 e. The predicted octanol–water partition coefficient (Wildman–Crippen LogP) is 3.05. The monoisotopic (exact) mass is 350 g/mol. The van der Waals surface area contributed by atoms with Crippen LogP contribution in [0.5, 0.6) is 0 Å². The van der Waals surface area contributed by atoms with E-state index in [0.29, 0.717) is 5.16 Å². The molecular weight excluding hydrogens is 336 g/mol. The molecule has 0 atom stereocenters. The summed E-state index contributed by atoms with van der Waals surface area (Å²) in [5.74, 6) is 0.841. The van der Waals surface area contributed by atoms with E-state index in [0.717, 1.165) is 46.1 Å². The fourth-order valence-electron chi connectivity index (χ4n) is 2.70. The molecular formula is C14H14N4OS3. The summed E-state index contributed by atoms with van der Waals surface area (Å²) >= 11 is 4.46. The standard InChI is InChI=1S/C14H14N4OS3/c1-3-9-15-14(22-17-9)21-13-16-11-10(12(19)18(13)2)7-5-4-6-8(7)20-11/h3-6H2,1-2H3. The fourth-order valence-corrected chi connectivity index (χ4v) is 5.66. The van der Waals surface area contributed by atoms with Gasteiger partial charge in [0.1, 0.15) is 10.7 Å². The van der Waals surface area contributed by atoms with Gasteiger partial charge in [-0.25, -0.2) is 9.97 Å². The van der Waals surface area contributed by atoms with Gasteiger partial charge in [-0.05, 0) is 48.1 Å². The molecule has 3 aromatic heterocycles. The van der Waals surface area contributed by atoms with E-state index in [4.69, 9.17) is 4.98 Å². The number of aryl methyl sites for hydroxylation is 3. The van der Waals surface area contributed by atoms with Crippen molar-refractivity contribution in [2.45, 2.75) is 42.1 Å². The first-order valence-electron chi connectivity index (χ1n) is 7.19. The number of hydrogen-bond acceptors (Lipinski definition) is 7. The summed E-state index contributed by atoms with van der Waals surface area (Å²) in [7, 11) is 1.79. The molecule has 0 aromatic carbocycles. The Morgan fingerprint density at radius 2 is 2.18 bits per heavy atom. The number of aromatic nitrogens is 4. The van der Waals surface area contributed by atoms with Gasteiger partial charge in [0.25, 0.3) is 5.56 Å². The Morgan fingerprint density at radius 3 is 2.95 bits per heavy atom. The molecule has 0 amide bonds. The van der Waals surface area contributed by atoms with Crippen molar-refractivity contribution in [2.24, 2.45) is 7.05 Å². The normalized spacial score (nSPS) is 13.9. The maximum absolute atomic E-state index is 12.7. The molecule has 0 N–H and O–H groups in total. The van der Waals surface area contributed by atoms with Gasteiger partial charge in [-0.15, -0.1) is 11.3 Å². The highest BCUT2D eigenvalue weighted by atomic mass is 32.2. The number of fused-ring (bicyclic) bond motifs is 3. The first kappa shape index (κ1) is 14.3. The minimum absolute atomic E-state index is 0.0622. The van der Waals surface area contributed by atoms with Gasteiger partial charge in [-0.3, -0.25) is 9.36 Å². The third kappa shape index (κ3) is 2.21. The quantitative estimate of drug-likeness (QED) is 0.680. The van der Waals surface area contributed by atoms with Gasteiger partial charge in [0.2, 0.25) is 0 Å². The number of thiophene rings is 1. The highest BCUT2D eigenvalue weighted by Crippen LogP contribution is 2.36. The summed E-state index contributed by atoms with van der Waals surface area (Å²) in [4.78, 5) is 24.1. The van der Waals surface area contributed by atoms with Gasteiger partial charge in [0.05, 0.1) is 5.39 Å². The highest BCUT2D eigenvalue weighted by Gasteiger charge is 2.22. The molecule has 4 rings (SSSR count). The topological polar surface area (TPSA) is 60.7 Å². The molecule has 22 heavy (non-hydrogen) atoms. The van der Waals surface area contributed by atoms with Gasteiger partial charge in [-0.2, -0.15) is 4.37 Å². The summed E-state index contributed by atoms with van der Waals surface area (Å²) in [5, 5.41) is 1.52. The van der Waals surface area contributed by atoms with E-state index >= 15 is 0 Å². The lowest BCUT2D eigenvalue weighted by molar-refractivity contribution is 0.726. The zero-order valence-corrected chi connectivity index (χ0v) is 14.7. The van der Waals surface area contributed by atoms with Crippen LogP contribution in [0.25, 0.3) is 10.2 Å². The number of rotatable bonds is 3. The van der Waals surface area contributed by atoms with Crippen LogP contribution in [0, 0.1) is 0 Å². The Kier molecular flexibility index (Phi) is 3.54. The minimum atomic E-state index is 0.0622. The van der Waals surface area contributed by atoms with E-state index in [1.165, 1.54) is 33.7 Å². The highest BCUT2D eigenvalue weighted by molar-refractivity contribution is 8.00. The molecule has 0 saturated carbocycles. The van der Waals surface area contributed by atoms with Crippen molar-refractivity contribution in [1.29, 1.82) is 0 Å². The van der Waals surface area contributed by atoms with Crippen molar-refractivity contribution < 1.29 is 0 Å². The first-order chi connectivity index (χ1) is 10.7. The third-order valence-electron chi connectivity index (χ3n) is 3.85. The summed E-state index contributed by atoms with van der Waals surface area (Å²) in [6, 6.07) is 0. The maximum Gasteiger partial charge on any atom is 0.262 e. The Labute approximate surface area is 139 Å². The van der Waals surface area contributed by atoms with Crippen LogP contribution < -0.4 is 5.56 Å². The maximum atomic E-state index is 12.7. The van der Waals surface area contributed by atoms with Gasteiger partial charge in [-0.1, -0.05) is 6.92 Å². The zero-order chi connectivity index (χ0) is 15.3. The Hall–Kier alpha value is -1.25. The van der Waals surface area contributed by atoms with E-state index in [1.807, 2.05) is 6.92 Å². The summed E-state index contributed by atoms with van der Waals surface area (Å²) in [6.07, 6.45) is 4.06. The Balaban J connectivity index is 1.81. The van der Waals surface area contributed by atoms with Crippen molar-refractivity contribution in [3.8, 4) is 0 Å². The molecule has 0 unspecified atom stereocenters. The summed E-state index contributed by atoms with van der Waals surface area (Å²) < 4.78 is 6.76. The predicted molar refractivity (Wildman–Crippen MR) is 90.3 cm³/mol. The second-order valence-corrected chi connectivity index (χ2v) is 8.28. The molecule has 1 aliphatic rings. The molecule has 0 radical (unpaired) electrons. The van der Waals surface area contributed by atoms with E-state index < -0.39 is 0 Å². The zero-order valence-electron chi connectivity index (χ0n) is 12.3. The Bertz CT molecular complexity index is 924. The van der Waals surface area contributed by atoms with Crippen LogP contribution >= 0.6 is 34.6 Å². The van der Waals surface area contributed by atoms with Gasteiger partial charge in [0, 0.05) is 18.3 Å². The van der Waals surface area contributed by atoms with Crippen LogP contribution in [0.15, 0.2) is 14.3 Å². The van der Waals surface area contributed by atoms with Crippen molar-refractivity contribution in [2.75, 3.05) is 0 Å². The second-order valence-electron chi connectivity index (χ2n) is 5.23. The number of hydrogen-bond donors (Lipinski definition) is 0. The molecule has 1 aliphatic carbocycles. The van der Waals surface area contributed by atoms with Gasteiger partial charge >= 0.3 is 0 Å². The smallest absolute Gasteiger partial charge is 0.262 e. The largest absolute Gasteiger partial charge is 0.290 e. The van der Waals surface area contributed by atoms with Crippen molar-refractivity contribution in [1.82, 2.24) is 18.9 Å². The van der Waals surface area contributed by atoms with Crippen LogP contribution in [0.1, 0.15) is 29.6 Å². The van der Waals surface area contributed by atoms with Crippen LogP contribution in [0.2, 0.25) is 0 Å². The molecule has 0 bridgehead atoms. The summed E-state index contributed by atoms with van der Waals surface area (Å²) in [5.41, 5.74) is 1.29. The average molecular weight is 350 g/mol. The van der Waals surface area contributed by atoms with E-state index in [9.17, 15) is 4.79 Å². The molecule has 0 aliphatic heterocycles. The molecule has 8 heteroatoms. The van der Waals surface area contributed by atoms with Gasteiger partial charge < -0.3 is 0 Å². The van der Waals surface area contributed by atoms with Crippen molar-refractivity contribution in [3.63, 3.8) is 0 Å². The van der Waals surface area contributed by atoms with Gasteiger partial charge in [0.15, 0.2) is 9.50 Å². The van der Waals surface area contributed by atoms with E-state index in [2.05, 4.69) is 9.36 Å². The lowest BCUT2D eigenvalue weighted by atomic mass is 10.2. The molecule has 3 heterocycles. The van der Waals surface area contributed by atoms with E-state index in [1.54, 1.807) is 23.0 Å².